The standard InChI is InChI=1S/C20H22F3N3O4S2/c21-20(22,23)15-2-1-3-17(14-15)25-10-12-26(13-11-25)32(29,30)19-8-6-18(7-9-19)31(27,28)24-16-4-5-16/h1-3,6-9,14,16,24H,4-5,10-13H2. The Morgan fingerprint density at radius 2 is 1.44 bits per heavy atom. The molecule has 174 valence electrons. The molecule has 1 heterocycles. The normalized spacial score (nSPS) is 18.7. The zero-order valence-corrected chi connectivity index (χ0v) is 18.5. The quantitative estimate of drug-likeness (QED) is 0.674. The molecule has 1 saturated heterocycles. The van der Waals surface area contributed by atoms with E-state index >= 15 is 0 Å². The van der Waals surface area contributed by atoms with E-state index in [2.05, 4.69) is 4.72 Å². The van der Waals surface area contributed by atoms with Gasteiger partial charge >= 0.3 is 6.18 Å². The lowest BCUT2D eigenvalue weighted by atomic mass is 10.1. The molecule has 2 fully saturated rings. The third kappa shape index (κ3) is 4.92. The number of rotatable bonds is 6. The Balaban J connectivity index is 1.44. The van der Waals surface area contributed by atoms with Crippen molar-refractivity contribution < 1.29 is 30.0 Å². The molecule has 0 unspecified atom stereocenters. The van der Waals surface area contributed by atoms with E-state index in [0.717, 1.165) is 25.0 Å². The molecule has 12 heteroatoms. The second-order valence-corrected chi connectivity index (χ2v) is 11.5. The van der Waals surface area contributed by atoms with Crippen molar-refractivity contribution in [3.8, 4) is 0 Å². The van der Waals surface area contributed by atoms with E-state index in [1.807, 2.05) is 0 Å². The average Bonchev–Trinajstić information content (AvgIpc) is 3.57. The van der Waals surface area contributed by atoms with Gasteiger partial charge in [0.05, 0.1) is 15.4 Å². The van der Waals surface area contributed by atoms with Crippen molar-refractivity contribution in [1.82, 2.24) is 9.03 Å². The molecule has 2 aromatic carbocycles. The Kier molecular flexibility index (Phi) is 5.99. The molecule has 32 heavy (non-hydrogen) atoms. The van der Waals surface area contributed by atoms with Crippen LogP contribution in [0.4, 0.5) is 18.9 Å². The van der Waals surface area contributed by atoms with Gasteiger partial charge in [-0.1, -0.05) is 6.07 Å². The van der Waals surface area contributed by atoms with Crippen LogP contribution in [0.5, 0.6) is 0 Å². The molecule has 1 aliphatic carbocycles. The van der Waals surface area contributed by atoms with Crippen LogP contribution in [-0.4, -0.2) is 53.4 Å². The predicted octanol–water partition coefficient (Wildman–Crippen LogP) is 2.66. The highest BCUT2D eigenvalue weighted by Crippen LogP contribution is 2.32. The molecule has 0 bridgehead atoms. The van der Waals surface area contributed by atoms with E-state index in [-0.39, 0.29) is 42.0 Å². The number of benzene rings is 2. The van der Waals surface area contributed by atoms with Gasteiger partial charge in [0.2, 0.25) is 20.0 Å². The van der Waals surface area contributed by atoms with Crippen LogP contribution in [0.15, 0.2) is 58.3 Å². The van der Waals surface area contributed by atoms with Crippen molar-refractivity contribution in [3.63, 3.8) is 0 Å². The second kappa shape index (κ2) is 8.32. The van der Waals surface area contributed by atoms with Crippen LogP contribution in [-0.2, 0) is 26.2 Å². The summed E-state index contributed by atoms with van der Waals surface area (Å²) in [6.45, 7) is 0.667. The highest BCUT2D eigenvalue weighted by molar-refractivity contribution is 7.89. The largest absolute Gasteiger partial charge is 0.416 e. The topological polar surface area (TPSA) is 86.8 Å². The molecule has 4 rings (SSSR count). The van der Waals surface area contributed by atoms with Crippen molar-refractivity contribution in [3.05, 3.63) is 54.1 Å². The molecule has 1 saturated carbocycles. The second-order valence-electron chi connectivity index (χ2n) is 7.81. The number of piperazine rings is 1. The van der Waals surface area contributed by atoms with E-state index in [9.17, 15) is 30.0 Å². The van der Waals surface area contributed by atoms with Gasteiger partial charge in [0.1, 0.15) is 0 Å². The van der Waals surface area contributed by atoms with Crippen LogP contribution in [0.1, 0.15) is 18.4 Å². The van der Waals surface area contributed by atoms with Crippen LogP contribution in [0.2, 0.25) is 0 Å². The highest BCUT2D eigenvalue weighted by atomic mass is 32.2. The van der Waals surface area contributed by atoms with Gasteiger partial charge in [-0.05, 0) is 55.3 Å². The summed E-state index contributed by atoms with van der Waals surface area (Å²) in [5, 5.41) is 0. The van der Waals surface area contributed by atoms with Crippen molar-refractivity contribution in [2.45, 2.75) is 34.9 Å². The fraction of sp³-hybridized carbons (Fsp3) is 0.400. The molecule has 7 nitrogen and oxygen atoms in total. The first-order valence-electron chi connectivity index (χ1n) is 10.0. The van der Waals surface area contributed by atoms with Crippen LogP contribution in [0, 0.1) is 0 Å². The van der Waals surface area contributed by atoms with Gasteiger partial charge in [-0.25, -0.2) is 21.6 Å². The van der Waals surface area contributed by atoms with Gasteiger partial charge in [0.25, 0.3) is 0 Å². The number of hydrogen-bond donors (Lipinski definition) is 1. The number of sulfonamides is 2. The zero-order valence-electron chi connectivity index (χ0n) is 16.9. The van der Waals surface area contributed by atoms with E-state index < -0.39 is 31.8 Å². The van der Waals surface area contributed by atoms with Crippen LogP contribution in [0.3, 0.4) is 0 Å². The molecule has 0 spiro atoms. The smallest absolute Gasteiger partial charge is 0.369 e. The maximum atomic E-state index is 13.0. The minimum absolute atomic E-state index is 0.00212. The summed E-state index contributed by atoms with van der Waals surface area (Å²) in [5.41, 5.74) is -0.370. The van der Waals surface area contributed by atoms with Crippen molar-refractivity contribution >= 4 is 25.7 Å². The Bertz CT molecular complexity index is 1190. The highest BCUT2D eigenvalue weighted by Gasteiger charge is 2.33. The third-order valence-electron chi connectivity index (χ3n) is 5.45. The number of nitrogens with zero attached hydrogens (tertiary/aromatic N) is 2. The summed E-state index contributed by atoms with van der Waals surface area (Å²) in [7, 11) is -7.54. The molecule has 1 N–H and O–H groups in total. The van der Waals surface area contributed by atoms with E-state index in [1.54, 1.807) is 11.0 Å². The van der Waals surface area contributed by atoms with Gasteiger partial charge in [-0.3, -0.25) is 0 Å². The van der Waals surface area contributed by atoms with Gasteiger partial charge < -0.3 is 4.90 Å². The van der Waals surface area contributed by atoms with Gasteiger partial charge in [-0.15, -0.1) is 0 Å². The summed E-state index contributed by atoms with van der Waals surface area (Å²) in [5.74, 6) is 0. The summed E-state index contributed by atoms with van der Waals surface area (Å²) >= 11 is 0. The van der Waals surface area contributed by atoms with Gasteiger partial charge in [0, 0.05) is 37.9 Å². The predicted molar refractivity (Wildman–Crippen MR) is 112 cm³/mol. The van der Waals surface area contributed by atoms with Crippen molar-refractivity contribution in [1.29, 1.82) is 0 Å². The Morgan fingerprint density at radius 1 is 0.844 bits per heavy atom. The number of nitrogens with one attached hydrogen (secondary N) is 1. The maximum absolute atomic E-state index is 13.0. The minimum atomic E-state index is -4.45. The Morgan fingerprint density at radius 3 is 2.00 bits per heavy atom. The maximum Gasteiger partial charge on any atom is 0.416 e. The van der Waals surface area contributed by atoms with Crippen LogP contribution >= 0.6 is 0 Å². The fourth-order valence-corrected chi connectivity index (χ4v) is 6.22. The van der Waals surface area contributed by atoms with E-state index in [0.29, 0.717) is 5.69 Å². The Hall–Kier alpha value is -2.15. The summed E-state index contributed by atoms with van der Waals surface area (Å²) in [6.07, 6.45) is -2.87. The lowest BCUT2D eigenvalue weighted by Crippen LogP contribution is -2.48. The van der Waals surface area contributed by atoms with Gasteiger partial charge in [-0.2, -0.15) is 17.5 Å². The molecule has 2 aromatic rings. The lowest BCUT2D eigenvalue weighted by Gasteiger charge is -2.35. The first-order valence-corrected chi connectivity index (χ1v) is 12.9. The van der Waals surface area contributed by atoms with Crippen molar-refractivity contribution in [2.24, 2.45) is 0 Å². The molecule has 1 aliphatic heterocycles. The average molecular weight is 490 g/mol. The van der Waals surface area contributed by atoms with E-state index in [4.69, 9.17) is 0 Å². The number of hydrogen-bond acceptors (Lipinski definition) is 5. The first kappa shape index (κ1) is 23.0. The van der Waals surface area contributed by atoms with Crippen molar-refractivity contribution in [2.75, 3.05) is 31.1 Å². The third-order valence-corrected chi connectivity index (χ3v) is 8.90. The first-order chi connectivity index (χ1) is 15.0. The zero-order chi connectivity index (χ0) is 23.1. The summed E-state index contributed by atoms with van der Waals surface area (Å²) in [6, 6.07) is 9.92. The molecule has 2 aliphatic rings. The lowest BCUT2D eigenvalue weighted by molar-refractivity contribution is -0.137. The molecule has 0 radical (unpaired) electrons. The minimum Gasteiger partial charge on any atom is -0.369 e. The Labute approximate surface area is 184 Å². The molecule has 0 aromatic heterocycles. The fourth-order valence-electron chi connectivity index (χ4n) is 3.49. The van der Waals surface area contributed by atoms with Gasteiger partial charge in [0.15, 0.2) is 0 Å². The number of anilines is 1. The molecule has 0 amide bonds. The van der Waals surface area contributed by atoms with E-state index in [1.165, 1.54) is 34.6 Å². The number of alkyl halides is 3. The van der Waals surface area contributed by atoms with Crippen LogP contribution in [0.25, 0.3) is 0 Å². The van der Waals surface area contributed by atoms with Crippen LogP contribution < -0.4 is 9.62 Å². The number of halogens is 3. The monoisotopic (exact) mass is 489 g/mol. The molecular formula is C20H22F3N3O4S2. The summed E-state index contributed by atoms with van der Waals surface area (Å²) < 4.78 is 93.1. The SMILES string of the molecule is O=S(=O)(NC1CC1)c1ccc(S(=O)(=O)N2CCN(c3cccc(C(F)(F)F)c3)CC2)cc1. The molecular weight excluding hydrogens is 467 g/mol. The summed E-state index contributed by atoms with van der Waals surface area (Å²) in [4.78, 5) is 1.67. The molecule has 0 atom stereocenters.